The molecule has 2 aromatic heterocycles. The van der Waals surface area contributed by atoms with Gasteiger partial charge in [0.25, 0.3) is 5.91 Å². The average Bonchev–Trinajstić information content (AvgIpc) is 2.82. The summed E-state index contributed by atoms with van der Waals surface area (Å²) in [7, 11) is 0. The predicted octanol–water partition coefficient (Wildman–Crippen LogP) is 2.33. The minimum Gasteiger partial charge on any atom is -0.480 e. The standard InChI is InChI=1S/C14H15N3O2S/c1-3-10-12(20-9(2)16-10)7-17-13(18)8-19-11-5-4-6-15-14(11)17/h4-6H,3,7-8H2,1-2H3. The zero-order valence-electron chi connectivity index (χ0n) is 11.4. The van der Waals surface area contributed by atoms with Gasteiger partial charge >= 0.3 is 0 Å². The molecule has 0 atom stereocenters. The van der Waals surface area contributed by atoms with Crippen molar-refractivity contribution in [2.45, 2.75) is 26.8 Å². The van der Waals surface area contributed by atoms with Gasteiger partial charge in [-0.05, 0) is 25.5 Å². The molecule has 3 rings (SSSR count). The molecule has 6 heteroatoms. The fourth-order valence-corrected chi connectivity index (χ4v) is 3.27. The van der Waals surface area contributed by atoms with Crippen LogP contribution in [0.2, 0.25) is 0 Å². The molecule has 0 aromatic carbocycles. The third kappa shape index (κ3) is 2.27. The summed E-state index contributed by atoms with van der Waals surface area (Å²) >= 11 is 1.64. The molecule has 0 bridgehead atoms. The fourth-order valence-electron chi connectivity index (χ4n) is 2.25. The molecule has 2 aromatic rings. The second-order valence-electron chi connectivity index (χ2n) is 4.55. The van der Waals surface area contributed by atoms with E-state index in [1.165, 1.54) is 0 Å². The molecular weight excluding hydrogens is 274 g/mol. The summed E-state index contributed by atoms with van der Waals surface area (Å²) in [5.41, 5.74) is 1.06. The van der Waals surface area contributed by atoms with Gasteiger partial charge in [-0.1, -0.05) is 6.92 Å². The number of aryl methyl sites for hydroxylation is 2. The van der Waals surface area contributed by atoms with Gasteiger partial charge in [0, 0.05) is 11.1 Å². The molecule has 0 aliphatic carbocycles. The van der Waals surface area contributed by atoms with Gasteiger partial charge in [-0.2, -0.15) is 0 Å². The van der Waals surface area contributed by atoms with Gasteiger partial charge in [0.15, 0.2) is 18.2 Å². The smallest absolute Gasteiger partial charge is 0.266 e. The highest BCUT2D eigenvalue weighted by Gasteiger charge is 2.27. The van der Waals surface area contributed by atoms with Crippen LogP contribution in [0.5, 0.6) is 5.75 Å². The minimum absolute atomic E-state index is 0.0655. The molecule has 0 fully saturated rings. The number of ether oxygens (including phenoxy) is 1. The van der Waals surface area contributed by atoms with Crippen LogP contribution < -0.4 is 9.64 Å². The Morgan fingerprint density at radius 2 is 2.35 bits per heavy atom. The van der Waals surface area contributed by atoms with E-state index in [-0.39, 0.29) is 12.5 Å². The van der Waals surface area contributed by atoms with E-state index >= 15 is 0 Å². The third-order valence-corrected chi connectivity index (χ3v) is 4.18. The van der Waals surface area contributed by atoms with Crippen molar-refractivity contribution in [1.29, 1.82) is 0 Å². The zero-order chi connectivity index (χ0) is 14.1. The Morgan fingerprint density at radius 1 is 1.50 bits per heavy atom. The van der Waals surface area contributed by atoms with Crippen LogP contribution in [0.4, 0.5) is 5.82 Å². The highest BCUT2D eigenvalue weighted by atomic mass is 32.1. The number of nitrogens with zero attached hydrogens (tertiary/aromatic N) is 3. The van der Waals surface area contributed by atoms with Crippen molar-refractivity contribution in [1.82, 2.24) is 9.97 Å². The number of hydrogen-bond acceptors (Lipinski definition) is 5. The van der Waals surface area contributed by atoms with Gasteiger partial charge in [0.1, 0.15) is 0 Å². The Bertz CT molecular complexity index is 654. The maximum atomic E-state index is 12.1. The van der Waals surface area contributed by atoms with Crippen molar-refractivity contribution in [2.24, 2.45) is 0 Å². The Hall–Kier alpha value is -1.95. The van der Waals surface area contributed by atoms with Crippen molar-refractivity contribution in [2.75, 3.05) is 11.5 Å². The van der Waals surface area contributed by atoms with E-state index in [9.17, 15) is 4.79 Å². The molecule has 0 unspecified atom stereocenters. The molecule has 0 saturated carbocycles. The number of carbonyl (C=O) groups excluding carboxylic acids is 1. The van der Waals surface area contributed by atoms with Crippen molar-refractivity contribution in [3.8, 4) is 5.75 Å². The van der Waals surface area contributed by atoms with E-state index < -0.39 is 0 Å². The Balaban J connectivity index is 1.95. The predicted molar refractivity (Wildman–Crippen MR) is 77.2 cm³/mol. The molecule has 0 spiro atoms. The number of fused-ring (bicyclic) bond motifs is 1. The minimum atomic E-state index is -0.0655. The molecule has 1 aliphatic rings. The number of thiazole rings is 1. The third-order valence-electron chi connectivity index (χ3n) is 3.18. The zero-order valence-corrected chi connectivity index (χ0v) is 12.2. The summed E-state index contributed by atoms with van der Waals surface area (Å²) in [4.78, 5) is 23.7. The lowest BCUT2D eigenvalue weighted by molar-refractivity contribution is -0.121. The number of carbonyl (C=O) groups is 1. The molecule has 5 nitrogen and oxygen atoms in total. The molecule has 104 valence electrons. The number of hydrogen-bond donors (Lipinski definition) is 0. The maximum Gasteiger partial charge on any atom is 0.266 e. The maximum absolute atomic E-state index is 12.1. The van der Waals surface area contributed by atoms with Crippen molar-refractivity contribution in [3.63, 3.8) is 0 Å². The first-order valence-corrected chi connectivity index (χ1v) is 7.34. The van der Waals surface area contributed by atoms with E-state index in [1.54, 1.807) is 28.5 Å². The van der Waals surface area contributed by atoms with Gasteiger partial charge < -0.3 is 4.74 Å². The highest BCUT2D eigenvalue weighted by molar-refractivity contribution is 7.11. The molecule has 1 aliphatic heterocycles. The number of aromatic nitrogens is 2. The van der Waals surface area contributed by atoms with E-state index in [2.05, 4.69) is 16.9 Å². The largest absolute Gasteiger partial charge is 0.480 e. The van der Waals surface area contributed by atoms with Crippen LogP contribution in [0.15, 0.2) is 18.3 Å². The first kappa shape index (κ1) is 13.1. The summed E-state index contributed by atoms with van der Waals surface area (Å²) in [5, 5.41) is 1.03. The molecule has 0 radical (unpaired) electrons. The van der Waals surface area contributed by atoms with Gasteiger partial charge in [0.2, 0.25) is 0 Å². The van der Waals surface area contributed by atoms with Gasteiger partial charge in [-0.3, -0.25) is 9.69 Å². The Kier molecular flexibility index (Phi) is 3.40. The first-order chi connectivity index (χ1) is 9.69. The second kappa shape index (κ2) is 5.20. The van der Waals surface area contributed by atoms with E-state index in [4.69, 9.17) is 4.74 Å². The van der Waals surface area contributed by atoms with Crippen LogP contribution in [-0.2, 0) is 17.8 Å². The quantitative estimate of drug-likeness (QED) is 0.870. The highest BCUT2D eigenvalue weighted by Crippen LogP contribution is 2.31. The van der Waals surface area contributed by atoms with Crippen LogP contribution in [-0.4, -0.2) is 22.5 Å². The van der Waals surface area contributed by atoms with E-state index in [1.807, 2.05) is 13.0 Å². The number of anilines is 1. The molecular formula is C14H15N3O2S. The second-order valence-corrected chi connectivity index (χ2v) is 5.84. The topological polar surface area (TPSA) is 55.3 Å². The molecule has 20 heavy (non-hydrogen) atoms. The van der Waals surface area contributed by atoms with Gasteiger partial charge in [-0.15, -0.1) is 11.3 Å². The average molecular weight is 289 g/mol. The Morgan fingerprint density at radius 3 is 3.15 bits per heavy atom. The fraction of sp³-hybridized carbons (Fsp3) is 0.357. The SMILES string of the molecule is CCc1nc(C)sc1CN1C(=O)COc2cccnc21. The number of pyridine rings is 1. The normalized spacial score (nSPS) is 14.1. The summed E-state index contributed by atoms with van der Waals surface area (Å²) in [5.74, 6) is 1.19. The number of rotatable bonds is 3. The summed E-state index contributed by atoms with van der Waals surface area (Å²) in [6.45, 7) is 4.64. The first-order valence-electron chi connectivity index (χ1n) is 6.52. The molecule has 0 N–H and O–H groups in total. The molecule has 0 saturated heterocycles. The van der Waals surface area contributed by atoms with Crippen molar-refractivity contribution < 1.29 is 9.53 Å². The molecule has 3 heterocycles. The monoisotopic (exact) mass is 289 g/mol. The van der Waals surface area contributed by atoms with E-state index in [0.29, 0.717) is 18.1 Å². The van der Waals surface area contributed by atoms with Crippen LogP contribution in [0.25, 0.3) is 0 Å². The van der Waals surface area contributed by atoms with Crippen LogP contribution >= 0.6 is 11.3 Å². The summed E-state index contributed by atoms with van der Waals surface area (Å²) in [6.07, 6.45) is 2.54. The van der Waals surface area contributed by atoms with Gasteiger partial charge in [0.05, 0.1) is 17.2 Å². The van der Waals surface area contributed by atoms with Crippen molar-refractivity contribution >= 4 is 23.1 Å². The van der Waals surface area contributed by atoms with Crippen LogP contribution in [0, 0.1) is 6.92 Å². The van der Waals surface area contributed by atoms with Gasteiger partial charge in [-0.25, -0.2) is 9.97 Å². The molecule has 1 amide bonds. The van der Waals surface area contributed by atoms with Crippen molar-refractivity contribution in [3.05, 3.63) is 33.9 Å². The van der Waals surface area contributed by atoms with Crippen LogP contribution in [0.3, 0.4) is 0 Å². The lowest BCUT2D eigenvalue weighted by atomic mass is 10.2. The van der Waals surface area contributed by atoms with E-state index in [0.717, 1.165) is 22.0 Å². The summed E-state index contributed by atoms with van der Waals surface area (Å²) < 4.78 is 5.40. The Labute approximate surface area is 121 Å². The van der Waals surface area contributed by atoms with Crippen LogP contribution in [0.1, 0.15) is 22.5 Å². The lowest BCUT2D eigenvalue weighted by Gasteiger charge is -2.27. The number of amides is 1. The summed E-state index contributed by atoms with van der Waals surface area (Å²) in [6, 6.07) is 3.64. The lowest BCUT2D eigenvalue weighted by Crippen LogP contribution is -2.38.